The van der Waals surface area contributed by atoms with Crippen LogP contribution < -0.4 is 10.1 Å². The zero-order valence-electron chi connectivity index (χ0n) is 12.4. The number of nitrogens with one attached hydrogen (secondary N) is 1. The molecule has 0 aliphatic heterocycles. The lowest BCUT2D eigenvalue weighted by Gasteiger charge is -2.22. The van der Waals surface area contributed by atoms with Crippen LogP contribution >= 0.6 is 0 Å². The van der Waals surface area contributed by atoms with E-state index in [9.17, 15) is 4.79 Å². The van der Waals surface area contributed by atoms with E-state index in [1.807, 2.05) is 43.1 Å². The van der Waals surface area contributed by atoms with Crippen molar-refractivity contribution in [3.63, 3.8) is 0 Å². The minimum absolute atomic E-state index is 0.0185. The summed E-state index contributed by atoms with van der Waals surface area (Å²) in [5.74, 6) is 0.801. The van der Waals surface area contributed by atoms with E-state index in [0.29, 0.717) is 6.54 Å². The zero-order chi connectivity index (χ0) is 15.0. The van der Waals surface area contributed by atoms with E-state index < -0.39 is 0 Å². The number of benzene rings is 1. The molecule has 112 valence electrons. The highest BCUT2D eigenvalue weighted by Gasteiger charge is 2.11. The molecule has 1 aromatic carbocycles. The van der Waals surface area contributed by atoms with Crippen molar-refractivity contribution in [1.29, 1.82) is 0 Å². The topological polar surface area (TPSA) is 61.8 Å². The first-order valence-corrected chi connectivity index (χ1v) is 6.78. The third-order valence-electron chi connectivity index (χ3n) is 3.32. The molecule has 1 aromatic rings. The Bertz CT molecular complexity index is 423. The Morgan fingerprint density at radius 2 is 2.15 bits per heavy atom. The molecule has 0 heterocycles. The molecule has 2 N–H and O–H groups in total. The van der Waals surface area contributed by atoms with E-state index in [-0.39, 0.29) is 25.1 Å². The Morgan fingerprint density at radius 1 is 1.45 bits per heavy atom. The molecule has 0 aromatic heterocycles. The second-order valence-corrected chi connectivity index (χ2v) is 4.86. The number of para-hydroxylation sites is 1. The normalized spacial score (nSPS) is 12.2. The molecule has 0 saturated carbocycles. The highest BCUT2D eigenvalue weighted by atomic mass is 16.5. The fourth-order valence-electron chi connectivity index (χ4n) is 1.82. The Hall–Kier alpha value is -1.59. The van der Waals surface area contributed by atoms with Crippen LogP contribution in [0.5, 0.6) is 5.75 Å². The first-order valence-electron chi connectivity index (χ1n) is 6.78. The minimum atomic E-state index is -0.0392. The first-order chi connectivity index (χ1) is 9.58. The average Bonchev–Trinajstić information content (AvgIpc) is 2.46. The van der Waals surface area contributed by atoms with Gasteiger partial charge < -0.3 is 15.2 Å². The molecule has 1 unspecified atom stereocenters. The number of carbonyl (C=O) groups excluding carboxylic acids is 1. The van der Waals surface area contributed by atoms with Gasteiger partial charge in [0, 0.05) is 12.6 Å². The predicted octanol–water partition coefficient (Wildman–Crippen LogP) is 0.666. The summed E-state index contributed by atoms with van der Waals surface area (Å²) in [6.45, 7) is 2.78. The summed E-state index contributed by atoms with van der Waals surface area (Å²) in [6.07, 6.45) is 0.731. The van der Waals surface area contributed by atoms with Crippen molar-refractivity contribution in [3.8, 4) is 5.75 Å². The zero-order valence-corrected chi connectivity index (χ0v) is 12.4. The van der Waals surface area contributed by atoms with Gasteiger partial charge in [-0.05, 0) is 32.0 Å². The molecule has 0 saturated heterocycles. The summed E-state index contributed by atoms with van der Waals surface area (Å²) >= 11 is 0. The van der Waals surface area contributed by atoms with E-state index in [0.717, 1.165) is 17.7 Å². The second kappa shape index (κ2) is 8.55. The number of carbonyl (C=O) groups is 1. The highest BCUT2D eigenvalue weighted by Crippen LogP contribution is 2.17. The number of aliphatic hydroxyl groups excluding tert-OH is 1. The van der Waals surface area contributed by atoms with Crippen molar-refractivity contribution in [2.45, 2.75) is 19.4 Å². The molecule has 0 bridgehead atoms. The molecule has 5 nitrogen and oxygen atoms in total. The predicted molar refractivity (Wildman–Crippen MR) is 78.9 cm³/mol. The third-order valence-corrected chi connectivity index (χ3v) is 3.32. The van der Waals surface area contributed by atoms with Gasteiger partial charge in [-0.2, -0.15) is 0 Å². The molecule has 1 rings (SSSR count). The van der Waals surface area contributed by atoms with Crippen LogP contribution in [0.25, 0.3) is 0 Å². The monoisotopic (exact) mass is 280 g/mol. The van der Waals surface area contributed by atoms with Crippen LogP contribution in [0.1, 0.15) is 12.5 Å². The molecule has 0 aliphatic rings. The van der Waals surface area contributed by atoms with Crippen LogP contribution in [0.15, 0.2) is 24.3 Å². The lowest BCUT2D eigenvalue weighted by molar-refractivity contribution is -0.122. The quantitative estimate of drug-likeness (QED) is 0.734. The molecule has 0 aliphatic carbocycles. The number of methoxy groups -OCH3 is 1. The number of ether oxygens (including phenoxy) is 1. The standard InChI is InChI=1S/C15H24N2O3/c1-12(11-18)17(2)10-15(19)16-9-8-13-6-4-5-7-14(13)20-3/h4-7,12,18H,8-11H2,1-3H3,(H,16,19). The van der Waals surface area contributed by atoms with Gasteiger partial charge in [-0.15, -0.1) is 0 Å². The van der Waals surface area contributed by atoms with Gasteiger partial charge in [0.1, 0.15) is 5.75 Å². The minimum Gasteiger partial charge on any atom is -0.496 e. The molecule has 20 heavy (non-hydrogen) atoms. The number of nitrogens with zero attached hydrogens (tertiary/aromatic N) is 1. The first kappa shape index (κ1) is 16.5. The van der Waals surface area contributed by atoms with Crippen LogP contribution in [0.3, 0.4) is 0 Å². The van der Waals surface area contributed by atoms with E-state index in [4.69, 9.17) is 9.84 Å². The Morgan fingerprint density at radius 3 is 2.80 bits per heavy atom. The van der Waals surface area contributed by atoms with Gasteiger partial charge in [-0.1, -0.05) is 18.2 Å². The van der Waals surface area contributed by atoms with E-state index in [1.54, 1.807) is 7.11 Å². The van der Waals surface area contributed by atoms with Crippen molar-refractivity contribution < 1.29 is 14.6 Å². The van der Waals surface area contributed by atoms with Crippen molar-refractivity contribution in [2.24, 2.45) is 0 Å². The molecule has 1 amide bonds. The lowest BCUT2D eigenvalue weighted by atomic mass is 10.1. The molecule has 0 radical (unpaired) electrons. The van der Waals surface area contributed by atoms with E-state index in [1.165, 1.54) is 0 Å². The summed E-state index contributed by atoms with van der Waals surface area (Å²) in [5, 5.41) is 11.9. The van der Waals surface area contributed by atoms with Gasteiger partial charge in [0.05, 0.1) is 20.3 Å². The van der Waals surface area contributed by atoms with Gasteiger partial charge in [-0.25, -0.2) is 0 Å². The van der Waals surface area contributed by atoms with Gasteiger partial charge in [0.25, 0.3) is 0 Å². The van der Waals surface area contributed by atoms with Crippen LogP contribution in [0.4, 0.5) is 0 Å². The van der Waals surface area contributed by atoms with E-state index >= 15 is 0 Å². The van der Waals surface area contributed by atoms with Gasteiger partial charge in [0.2, 0.25) is 5.91 Å². The summed E-state index contributed by atoms with van der Waals surface area (Å²) in [5.41, 5.74) is 1.08. The maximum atomic E-state index is 11.8. The molecular weight excluding hydrogens is 256 g/mol. The van der Waals surface area contributed by atoms with Crippen molar-refractivity contribution in [3.05, 3.63) is 29.8 Å². The lowest BCUT2D eigenvalue weighted by Crippen LogP contribution is -2.41. The molecular formula is C15H24N2O3. The number of hydrogen-bond donors (Lipinski definition) is 2. The van der Waals surface area contributed by atoms with E-state index in [2.05, 4.69) is 5.32 Å². The summed E-state index contributed by atoms with van der Waals surface area (Å²) in [4.78, 5) is 13.6. The largest absolute Gasteiger partial charge is 0.496 e. The van der Waals surface area contributed by atoms with Gasteiger partial charge >= 0.3 is 0 Å². The Balaban J connectivity index is 2.35. The third kappa shape index (κ3) is 5.19. The number of amides is 1. The van der Waals surface area contributed by atoms with Gasteiger partial charge in [0.15, 0.2) is 0 Å². The maximum Gasteiger partial charge on any atom is 0.234 e. The molecule has 1 atom stereocenters. The Kier molecular flexibility index (Phi) is 7.04. The summed E-state index contributed by atoms with van der Waals surface area (Å²) in [7, 11) is 3.46. The van der Waals surface area contributed by atoms with Crippen LogP contribution in [-0.2, 0) is 11.2 Å². The Labute approximate surface area is 120 Å². The molecule has 0 spiro atoms. The number of likely N-dealkylation sites (N-methyl/N-ethyl adjacent to an activating group) is 1. The summed E-state index contributed by atoms with van der Waals surface area (Å²) in [6, 6.07) is 7.76. The maximum absolute atomic E-state index is 11.8. The number of aliphatic hydroxyl groups is 1. The molecule has 0 fully saturated rings. The van der Waals surface area contributed by atoms with Crippen LogP contribution in [-0.4, -0.2) is 55.8 Å². The SMILES string of the molecule is COc1ccccc1CCNC(=O)CN(C)C(C)CO. The van der Waals surface area contributed by atoms with Crippen LogP contribution in [0.2, 0.25) is 0 Å². The second-order valence-electron chi connectivity index (χ2n) is 4.86. The van der Waals surface area contributed by atoms with Crippen molar-refractivity contribution in [2.75, 3.05) is 33.9 Å². The van der Waals surface area contributed by atoms with Gasteiger partial charge in [-0.3, -0.25) is 9.69 Å². The molecule has 5 heteroatoms. The highest BCUT2D eigenvalue weighted by molar-refractivity contribution is 5.78. The fourth-order valence-corrected chi connectivity index (χ4v) is 1.82. The van der Waals surface area contributed by atoms with Crippen molar-refractivity contribution >= 4 is 5.91 Å². The average molecular weight is 280 g/mol. The van der Waals surface area contributed by atoms with Crippen LogP contribution in [0, 0.1) is 0 Å². The number of hydrogen-bond acceptors (Lipinski definition) is 4. The van der Waals surface area contributed by atoms with Crippen molar-refractivity contribution in [1.82, 2.24) is 10.2 Å². The fraction of sp³-hybridized carbons (Fsp3) is 0.533. The number of rotatable bonds is 8. The smallest absolute Gasteiger partial charge is 0.234 e. The summed E-state index contributed by atoms with van der Waals surface area (Å²) < 4.78 is 5.26.